The summed E-state index contributed by atoms with van der Waals surface area (Å²) < 4.78 is 1.29. The number of hydrogen-bond donors (Lipinski definition) is 0. The van der Waals surface area contributed by atoms with Crippen LogP contribution in [0.15, 0.2) is 21.3 Å². The van der Waals surface area contributed by atoms with Crippen LogP contribution in [-0.2, 0) is 12.8 Å². The van der Waals surface area contributed by atoms with Crippen molar-refractivity contribution >= 4 is 54.5 Å². The number of rotatable bonds is 8. The molecule has 2 unspecified atom stereocenters. The Bertz CT molecular complexity index is 584. The van der Waals surface area contributed by atoms with Crippen LogP contribution in [0.3, 0.4) is 0 Å². The van der Waals surface area contributed by atoms with Gasteiger partial charge in [-0.1, -0.05) is 43.1 Å². The summed E-state index contributed by atoms with van der Waals surface area (Å²) in [5, 5.41) is 2.24. The van der Waals surface area contributed by atoms with Gasteiger partial charge in [0.1, 0.15) is 0 Å². The second-order valence-corrected chi connectivity index (χ2v) is 10.5. The Morgan fingerprint density at radius 1 is 1.23 bits per heavy atom. The summed E-state index contributed by atoms with van der Waals surface area (Å²) in [7, 11) is 0. The fraction of sp³-hybridized carbons (Fsp3) is 0.556. The fourth-order valence-electron chi connectivity index (χ4n) is 2.82. The molecule has 0 nitrogen and oxygen atoms in total. The third-order valence-electron chi connectivity index (χ3n) is 4.30. The van der Waals surface area contributed by atoms with Gasteiger partial charge in [-0.15, -0.1) is 22.7 Å². The maximum atomic E-state index is 3.75. The summed E-state index contributed by atoms with van der Waals surface area (Å²) >= 11 is 11.2. The molecule has 2 atom stereocenters. The van der Waals surface area contributed by atoms with Crippen LogP contribution in [0, 0.1) is 5.92 Å². The Hall–Kier alpha value is 0.360. The number of hydrogen-bond acceptors (Lipinski definition) is 2. The van der Waals surface area contributed by atoms with Crippen molar-refractivity contribution in [3.05, 3.63) is 32.4 Å². The molecular weight excluding hydrogens is 440 g/mol. The third-order valence-corrected chi connectivity index (χ3v) is 8.15. The molecule has 0 spiro atoms. The van der Waals surface area contributed by atoms with E-state index in [2.05, 4.69) is 70.1 Å². The van der Waals surface area contributed by atoms with Gasteiger partial charge in [0.25, 0.3) is 0 Å². The highest BCUT2D eigenvalue weighted by Crippen LogP contribution is 2.40. The van der Waals surface area contributed by atoms with E-state index in [9.17, 15) is 0 Å². The highest BCUT2D eigenvalue weighted by molar-refractivity contribution is 9.11. The summed E-state index contributed by atoms with van der Waals surface area (Å²) in [5.74, 6) is 0.796. The van der Waals surface area contributed by atoms with E-state index in [1.54, 1.807) is 0 Å². The molecule has 0 bridgehead atoms. The first kappa shape index (κ1) is 18.7. The molecule has 0 aromatic carbocycles. The monoisotopic (exact) mass is 462 g/mol. The summed E-state index contributed by atoms with van der Waals surface area (Å²) in [6.07, 6.45) is 6.16. The summed E-state index contributed by atoms with van der Waals surface area (Å²) in [4.78, 5) is 3.53. The summed E-state index contributed by atoms with van der Waals surface area (Å²) in [6, 6.07) is 4.68. The van der Waals surface area contributed by atoms with Crippen molar-refractivity contribution in [2.24, 2.45) is 5.92 Å². The number of alkyl halides is 1. The van der Waals surface area contributed by atoms with Crippen LogP contribution in [-0.4, -0.2) is 4.83 Å². The highest BCUT2D eigenvalue weighted by atomic mass is 79.9. The van der Waals surface area contributed by atoms with Crippen molar-refractivity contribution < 1.29 is 0 Å². The van der Waals surface area contributed by atoms with Crippen molar-refractivity contribution in [2.75, 3.05) is 0 Å². The first-order valence-electron chi connectivity index (χ1n) is 8.05. The zero-order valence-electron chi connectivity index (χ0n) is 13.5. The molecule has 0 aliphatic carbocycles. The predicted octanol–water partition coefficient (Wildman–Crippen LogP) is 7.93. The fourth-order valence-corrected chi connectivity index (χ4v) is 6.46. The first-order valence-corrected chi connectivity index (χ1v) is 11.5. The lowest BCUT2D eigenvalue weighted by Gasteiger charge is -2.17. The highest BCUT2D eigenvalue weighted by Gasteiger charge is 2.15. The minimum absolute atomic E-state index is 0.625. The van der Waals surface area contributed by atoms with Gasteiger partial charge >= 0.3 is 0 Å². The lowest BCUT2D eigenvalue weighted by Crippen LogP contribution is -2.09. The second kappa shape index (κ2) is 9.00. The second-order valence-electron chi connectivity index (χ2n) is 5.78. The molecule has 0 aliphatic rings. The molecule has 0 radical (unpaired) electrons. The maximum absolute atomic E-state index is 3.75. The molecule has 0 saturated carbocycles. The minimum atomic E-state index is 0.625. The lowest BCUT2D eigenvalue weighted by molar-refractivity contribution is 0.456. The lowest BCUT2D eigenvalue weighted by atomic mass is 9.95. The Balaban J connectivity index is 2.03. The van der Waals surface area contributed by atoms with E-state index in [0.717, 1.165) is 12.3 Å². The zero-order chi connectivity index (χ0) is 16.1. The van der Waals surface area contributed by atoms with E-state index in [4.69, 9.17) is 0 Å². The molecule has 0 aliphatic heterocycles. The molecule has 2 heterocycles. The maximum Gasteiger partial charge on any atom is 0.0737 e. The average Bonchev–Trinajstić information content (AvgIpc) is 3.09. The molecule has 2 rings (SSSR count). The molecule has 22 heavy (non-hydrogen) atoms. The molecule has 0 fully saturated rings. The van der Waals surface area contributed by atoms with E-state index in [1.165, 1.54) is 50.4 Å². The van der Waals surface area contributed by atoms with Crippen LogP contribution >= 0.6 is 54.5 Å². The van der Waals surface area contributed by atoms with Crippen LogP contribution in [0.5, 0.6) is 0 Å². The molecule has 0 amide bonds. The van der Waals surface area contributed by atoms with Gasteiger partial charge in [0.15, 0.2) is 0 Å². The van der Waals surface area contributed by atoms with Gasteiger partial charge in [-0.3, -0.25) is 0 Å². The molecule has 2 aromatic rings. The topological polar surface area (TPSA) is 0 Å². The van der Waals surface area contributed by atoms with Gasteiger partial charge < -0.3 is 0 Å². The summed E-state index contributed by atoms with van der Waals surface area (Å²) in [6.45, 7) is 6.80. The third kappa shape index (κ3) is 4.68. The molecule has 122 valence electrons. The van der Waals surface area contributed by atoms with Crippen molar-refractivity contribution in [3.8, 4) is 9.75 Å². The van der Waals surface area contributed by atoms with Gasteiger partial charge in [0.05, 0.1) is 3.79 Å². The quantitative estimate of drug-likeness (QED) is 0.348. The van der Waals surface area contributed by atoms with Crippen LogP contribution < -0.4 is 0 Å². The Morgan fingerprint density at radius 2 is 2.00 bits per heavy atom. The van der Waals surface area contributed by atoms with E-state index >= 15 is 0 Å². The van der Waals surface area contributed by atoms with Crippen LogP contribution in [0.4, 0.5) is 0 Å². The van der Waals surface area contributed by atoms with Gasteiger partial charge in [0.2, 0.25) is 0 Å². The standard InChI is InChI=1S/C18H24Br2S2/c1-4-13(12(3)19)7-6-8-15-9-10-21-17(15)16-11-14(5-2)18(20)22-16/h9-13H,4-8H2,1-3H3. The van der Waals surface area contributed by atoms with E-state index < -0.39 is 0 Å². The zero-order valence-corrected chi connectivity index (χ0v) is 18.3. The molecule has 2 aromatic heterocycles. The normalized spacial score (nSPS) is 14.2. The van der Waals surface area contributed by atoms with Crippen molar-refractivity contribution in [1.29, 1.82) is 0 Å². The average molecular weight is 464 g/mol. The molecule has 0 N–H and O–H groups in total. The minimum Gasteiger partial charge on any atom is -0.143 e. The Morgan fingerprint density at radius 3 is 2.59 bits per heavy atom. The Kier molecular flexibility index (Phi) is 7.65. The molecule has 0 saturated heterocycles. The number of aryl methyl sites for hydroxylation is 2. The number of halogens is 2. The van der Waals surface area contributed by atoms with Crippen LogP contribution in [0.2, 0.25) is 0 Å². The molecule has 4 heteroatoms. The first-order chi connectivity index (χ1) is 10.6. The smallest absolute Gasteiger partial charge is 0.0737 e. The van der Waals surface area contributed by atoms with E-state index in [0.29, 0.717) is 4.83 Å². The van der Waals surface area contributed by atoms with Gasteiger partial charge in [0, 0.05) is 14.6 Å². The van der Waals surface area contributed by atoms with Gasteiger partial charge in [-0.25, -0.2) is 0 Å². The van der Waals surface area contributed by atoms with Crippen molar-refractivity contribution in [1.82, 2.24) is 0 Å². The number of thiophene rings is 2. The van der Waals surface area contributed by atoms with Crippen LogP contribution in [0.25, 0.3) is 9.75 Å². The molecular formula is C18H24Br2S2. The summed E-state index contributed by atoms with van der Waals surface area (Å²) in [5.41, 5.74) is 2.96. The van der Waals surface area contributed by atoms with Gasteiger partial charge in [-0.05, 0) is 76.2 Å². The van der Waals surface area contributed by atoms with Gasteiger partial charge in [-0.2, -0.15) is 0 Å². The van der Waals surface area contributed by atoms with E-state index in [-0.39, 0.29) is 0 Å². The van der Waals surface area contributed by atoms with Crippen molar-refractivity contribution in [3.63, 3.8) is 0 Å². The van der Waals surface area contributed by atoms with Crippen molar-refractivity contribution in [2.45, 2.75) is 57.7 Å². The van der Waals surface area contributed by atoms with E-state index in [1.807, 2.05) is 22.7 Å². The predicted molar refractivity (Wildman–Crippen MR) is 110 cm³/mol. The largest absolute Gasteiger partial charge is 0.143 e. The SMILES string of the molecule is CCc1cc(-c2sccc2CCCC(CC)C(C)Br)sc1Br. The Labute approximate surface area is 159 Å². The van der Waals surface area contributed by atoms with Crippen LogP contribution in [0.1, 0.15) is 51.2 Å².